The molecule has 0 heterocycles. The molecule has 0 fully saturated rings. The first-order valence-corrected chi connectivity index (χ1v) is 9.99. The highest BCUT2D eigenvalue weighted by Crippen LogP contribution is 2.28. The molecule has 1 amide bonds. The minimum atomic E-state index is -3.55. The Balaban J connectivity index is 2.23. The number of nitrogens with one attached hydrogen (secondary N) is 1. The highest BCUT2D eigenvalue weighted by Gasteiger charge is 2.19. The van der Waals surface area contributed by atoms with Crippen LogP contribution in [0.2, 0.25) is 0 Å². The lowest BCUT2D eigenvalue weighted by Gasteiger charge is -2.12. The van der Waals surface area contributed by atoms with Gasteiger partial charge in [0, 0.05) is 31.4 Å². The number of nitro groups is 1. The number of hydrogen-bond acceptors (Lipinski definition) is 6. The van der Waals surface area contributed by atoms with E-state index < -0.39 is 20.9 Å². The van der Waals surface area contributed by atoms with Crippen molar-refractivity contribution in [2.45, 2.75) is 9.79 Å². The summed E-state index contributed by atoms with van der Waals surface area (Å²) < 4.78 is 25.1. The molecule has 0 aliphatic rings. The summed E-state index contributed by atoms with van der Waals surface area (Å²) in [6.45, 7) is 0. The minimum Gasteiger partial charge on any atom is -0.322 e. The van der Waals surface area contributed by atoms with Crippen LogP contribution in [0.3, 0.4) is 0 Å². The predicted molar refractivity (Wildman–Crippen MR) is 100 cm³/mol. The Kier molecular flexibility index (Phi) is 6.01. The summed E-state index contributed by atoms with van der Waals surface area (Å²) >= 11 is 1.22. The number of carbonyl (C=O) groups is 1. The van der Waals surface area contributed by atoms with E-state index in [2.05, 4.69) is 5.32 Å². The molecule has 0 saturated heterocycles. The van der Waals surface area contributed by atoms with Crippen molar-refractivity contribution in [3.63, 3.8) is 0 Å². The van der Waals surface area contributed by atoms with Crippen LogP contribution in [0.4, 0.5) is 11.4 Å². The average molecular weight is 395 g/mol. The fourth-order valence-electron chi connectivity index (χ4n) is 2.10. The van der Waals surface area contributed by atoms with E-state index in [4.69, 9.17) is 0 Å². The third kappa shape index (κ3) is 4.21. The van der Waals surface area contributed by atoms with Gasteiger partial charge in [-0.2, -0.15) is 0 Å². The lowest BCUT2D eigenvalue weighted by atomic mass is 10.2. The molecule has 0 bridgehead atoms. The molecule has 2 rings (SSSR count). The maximum atomic E-state index is 12.3. The van der Waals surface area contributed by atoms with Gasteiger partial charge in [0.25, 0.3) is 11.6 Å². The van der Waals surface area contributed by atoms with Crippen LogP contribution < -0.4 is 5.32 Å². The van der Waals surface area contributed by atoms with Crippen molar-refractivity contribution in [2.75, 3.05) is 25.7 Å². The largest absolute Gasteiger partial charge is 0.322 e. The molecule has 2 aromatic carbocycles. The van der Waals surface area contributed by atoms with Gasteiger partial charge < -0.3 is 5.32 Å². The Hall–Kier alpha value is -2.43. The van der Waals surface area contributed by atoms with Gasteiger partial charge >= 0.3 is 0 Å². The van der Waals surface area contributed by atoms with Crippen molar-refractivity contribution >= 4 is 39.1 Å². The van der Waals surface area contributed by atoms with Gasteiger partial charge in [-0.3, -0.25) is 14.9 Å². The average Bonchev–Trinajstić information content (AvgIpc) is 2.61. The van der Waals surface area contributed by atoms with Crippen LogP contribution >= 0.6 is 11.8 Å². The molecule has 0 atom stereocenters. The van der Waals surface area contributed by atoms with Gasteiger partial charge in [-0.05, 0) is 42.7 Å². The number of benzene rings is 2. The van der Waals surface area contributed by atoms with Gasteiger partial charge in [0.1, 0.15) is 0 Å². The fraction of sp³-hybridized carbons (Fsp3) is 0.188. The maximum absolute atomic E-state index is 12.3. The molecule has 2 aromatic rings. The molecule has 26 heavy (non-hydrogen) atoms. The zero-order valence-corrected chi connectivity index (χ0v) is 15.9. The number of sulfonamides is 1. The molecular weight excluding hydrogens is 378 g/mol. The van der Waals surface area contributed by atoms with Crippen LogP contribution in [0.25, 0.3) is 0 Å². The molecule has 1 N–H and O–H groups in total. The zero-order chi connectivity index (χ0) is 19.5. The third-order valence-electron chi connectivity index (χ3n) is 3.53. The van der Waals surface area contributed by atoms with E-state index in [9.17, 15) is 23.3 Å². The Labute approximate surface area is 155 Å². The van der Waals surface area contributed by atoms with Crippen molar-refractivity contribution in [2.24, 2.45) is 0 Å². The number of nitrogens with zero attached hydrogens (tertiary/aromatic N) is 2. The van der Waals surface area contributed by atoms with Crippen molar-refractivity contribution in [3.8, 4) is 0 Å². The van der Waals surface area contributed by atoms with E-state index in [1.54, 1.807) is 6.26 Å². The summed E-state index contributed by atoms with van der Waals surface area (Å²) in [5, 5.41) is 13.7. The smallest absolute Gasteiger partial charge is 0.283 e. The summed E-state index contributed by atoms with van der Waals surface area (Å²) in [6.07, 6.45) is 1.71. The van der Waals surface area contributed by atoms with Gasteiger partial charge in [0.15, 0.2) is 0 Å². The Morgan fingerprint density at radius 3 is 2.27 bits per heavy atom. The molecule has 10 heteroatoms. The fourth-order valence-corrected chi connectivity index (χ4v) is 3.55. The molecule has 0 radical (unpaired) electrons. The highest BCUT2D eigenvalue weighted by atomic mass is 32.2. The molecule has 0 unspecified atom stereocenters. The molecule has 138 valence electrons. The number of amides is 1. The van der Waals surface area contributed by atoms with Crippen molar-refractivity contribution < 1.29 is 18.1 Å². The van der Waals surface area contributed by atoms with Crippen LogP contribution in [-0.2, 0) is 10.0 Å². The normalized spacial score (nSPS) is 11.4. The van der Waals surface area contributed by atoms with Crippen LogP contribution in [0.1, 0.15) is 10.4 Å². The number of hydrogen-bond donors (Lipinski definition) is 1. The second-order valence-corrected chi connectivity index (χ2v) is 8.41. The van der Waals surface area contributed by atoms with Crippen LogP contribution in [0.5, 0.6) is 0 Å². The first-order chi connectivity index (χ1) is 12.2. The molecule has 0 saturated carbocycles. The van der Waals surface area contributed by atoms with E-state index in [0.29, 0.717) is 10.6 Å². The van der Waals surface area contributed by atoms with Crippen LogP contribution in [0.15, 0.2) is 52.3 Å². The van der Waals surface area contributed by atoms with Crippen molar-refractivity contribution in [1.82, 2.24) is 4.31 Å². The topological polar surface area (TPSA) is 110 Å². The van der Waals surface area contributed by atoms with Gasteiger partial charge in [-0.1, -0.05) is 0 Å². The minimum absolute atomic E-state index is 0.0976. The first-order valence-electron chi connectivity index (χ1n) is 7.33. The molecule has 0 aromatic heterocycles. The van der Waals surface area contributed by atoms with E-state index >= 15 is 0 Å². The maximum Gasteiger partial charge on any atom is 0.283 e. The van der Waals surface area contributed by atoms with Crippen molar-refractivity contribution in [1.29, 1.82) is 0 Å². The Bertz CT molecular complexity index is 941. The summed E-state index contributed by atoms with van der Waals surface area (Å²) in [6, 6.07) is 9.90. The molecule has 0 aliphatic carbocycles. The number of thioether (sulfide) groups is 1. The Morgan fingerprint density at radius 2 is 1.77 bits per heavy atom. The number of nitro benzene ring substituents is 1. The van der Waals surface area contributed by atoms with E-state index in [0.717, 1.165) is 4.31 Å². The van der Waals surface area contributed by atoms with Gasteiger partial charge in [0.05, 0.1) is 14.7 Å². The molecule has 0 spiro atoms. The Morgan fingerprint density at radius 1 is 1.15 bits per heavy atom. The van der Waals surface area contributed by atoms with E-state index in [-0.39, 0.29) is 16.1 Å². The van der Waals surface area contributed by atoms with Gasteiger partial charge in [-0.15, -0.1) is 11.8 Å². The SMILES string of the molecule is CSc1ccc(C(=O)Nc2ccc(S(=O)(=O)N(C)C)cc2)cc1[N+](=O)[O-]. The van der Waals surface area contributed by atoms with Crippen LogP contribution in [-0.4, -0.2) is 43.9 Å². The molecular formula is C16H17N3O5S2. The van der Waals surface area contributed by atoms with E-state index in [1.807, 2.05) is 0 Å². The summed E-state index contributed by atoms with van der Waals surface area (Å²) in [5.41, 5.74) is 0.376. The second-order valence-electron chi connectivity index (χ2n) is 5.41. The third-order valence-corrected chi connectivity index (χ3v) is 6.14. The quantitative estimate of drug-likeness (QED) is 0.457. The number of carbonyl (C=O) groups excluding carboxylic acids is 1. The first kappa shape index (κ1) is 19.9. The highest BCUT2D eigenvalue weighted by molar-refractivity contribution is 7.98. The zero-order valence-electron chi connectivity index (χ0n) is 14.3. The van der Waals surface area contributed by atoms with Crippen LogP contribution in [0, 0.1) is 10.1 Å². The lowest BCUT2D eigenvalue weighted by Crippen LogP contribution is -2.22. The summed E-state index contributed by atoms with van der Waals surface area (Å²) in [7, 11) is -0.700. The number of anilines is 1. The monoisotopic (exact) mass is 395 g/mol. The summed E-state index contributed by atoms with van der Waals surface area (Å²) in [5.74, 6) is -0.524. The van der Waals surface area contributed by atoms with Gasteiger partial charge in [0.2, 0.25) is 10.0 Å². The lowest BCUT2D eigenvalue weighted by molar-refractivity contribution is -0.387. The molecule has 8 nitrogen and oxygen atoms in total. The number of rotatable bonds is 6. The molecule has 0 aliphatic heterocycles. The standard InChI is InChI=1S/C16H17N3O5S2/c1-18(2)26(23,24)13-7-5-12(6-8-13)17-16(20)11-4-9-15(25-3)14(10-11)19(21)22/h4-10H,1-3H3,(H,17,20). The van der Waals surface area contributed by atoms with E-state index in [1.165, 1.54) is 68.3 Å². The van der Waals surface area contributed by atoms with Gasteiger partial charge in [-0.25, -0.2) is 12.7 Å². The second kappa shape index (κ2) is 7.85. The van der Waals surface area contributed by atoms with Crippen molar-refractivity contribution in [3.05, 3.63) is 58.1 Å². The predicted octanol–water partition coefficient (Wildman–Crippen LogP) is 2.82. The summed E-state index contributed by atoms with van der Waals surface area (Å²) in [4.78, 5) is 23.4.